The van der Waals surface area contributed by atoms with Gasteiger partial charge < -0.3 is 11.1 Å². The van der Waals surface area contributed by atoms with Crippen LogP contribution in [-0.2, 0) is 0 Å². The number of nitrogen functional groups attached to an aromatic ring is 1. The zero-order valence-electron chi connectivity index (χ0n) is 12.8. The van der Waals surface area contributed by atoms with E-state index >= 15 is 0 Å². The predicted molar refractivity (Wildman–Crippen MR) is 85.4 cm³/mol. The highest BCUT2D eigenvalue weighted by molar-refractivity contribution is 5.53. The molecular formula is C15H19N5O2. The van der Waals surface area contributed by atoms with Crippen LogP contribution < -0.4 is 11.1 Å². The third-order valence-corrected chi connectivity index (χ3v) is 3.27. The fraction of sp³-hybridized carbons (Fsp3) is 0.333. The monoisotopic (exact) mass is 301 g/mol. The molecular weight excluding hydrogens is 282 g/mol. The largest absolute Gasteiger partial charge is 0.378 e. The van der Waals surface area contributed by atoms with Gasteiger partial charge in [-0.3, -0.25) is 10.1 Å². The molecule has 22 heavy (non-hydrogen) atoms. The molecule has 1 unspecified atom stereocenters. The van der Waals surface area contributed by atoms with E-state index in [9.17, 15) is 10.1 Å². The Bertz CT molecular complexity index is 667. The highest BCUT2D eigenvalue weighted by atomic mass is 16.6. The van der Waals surface area contributed by atoms with Gasteiger partial charge in [0.15, 0.2) is 0 Å². The Labute approximate surface area is 128 Å². The van der Waals surface area contributed by atoms with Crippen LogP contribution in [0.1, 0.15) is 32.4 Å². The summed E-state index contributed by atoms with van der Waals surface area (Å²) in [5.74, 6) is 0.120. The summed E-state index contributed by atoms with van der Waals surface area (Å²) in [4.78, 5) is 18.1. The van der Waals surface area contributed by atoms with Crippen molar-refractivity contribution in [3.8, 4) is 0 Å². The number of benzene rings is 1. The lowest BCUT2D eigenvalue weighted by molar-refractivity contribution is -0.384. The minimum atomic E-state index is -0.600. The Morgan fingerprint density at radius 2 is 1.91 bits per heavy atom. The molecule has 1 aromatic heterocycles. The van der Waals surface area contributed by atoms with E-state index in [2.05, 4.69) is 36.1 Å². The third kappa shape index (κ3) is 3.49. The molecule has 0 spiro atoms. The Balaban J connectivity index is 2.33. The minimum Gasteiger partial charge on any atom is -0.378 e. The lowest BCUT2D eigenvalue weighted by Crippen LogP contribution is -2.26. The van der Waals surface area contributed by atoms with Gasteiger partial charge in [-0.05, 0) is 11.0 Å². The second-order valence-electron chi connectivity index (χ2n) is 6.08. The average Bonchev–Trinajstić information content (AvgIpc) is 2.44. The average molecular weight is 301 g/mol. The quantitative estimate of drug-likeness (QED) is 0.663. The number of nitrogens with zero attached hydrogens (tertiary/aromatic N) is 3. The molecule has 2 rings (SSSR count). The van der Waals surface area contributed by atoms with Gasteiger partial charge in [-0.15, -0.1) is 0 Å². The summed E-state index contributed by atoms with van der Waals surface area (Å²) >= 11 is 0. The SMILES string of the molecule is CC(C)(C)C(Nc1ncc([N+](=O)[O-])c(N)n1)c1ccccc1. The summed E-state index contributed by atoms with van der Waals surface area (Å²) in [7, 11) is 0. The van der Waals surface area contributed by atoms with Crippen molar-refractivity contribution in [3.63, 3.8) is 0 Å². The number of hydrogen-bond acceptors (Lipinski definition) is 6. The van der Waals surface area contributed by atoms with E-state index in [1.807, 2.05) is 30.3 Å². The van der Waals surface area contributed by atoms with Gasteiger partial charge in [0.2, 0.25) is 11.8 Å². The van der Waals surface area contributed by atoms with Gasteiger partial charge in [-0.25, -0.2) is 4.98 Å². The van der Waals surface area contributed by atoms with Crippen LogP contribution in [0.4, 0.5) is 17.5 Å². The zero-order valence-corrected chi connectivity index (χ0v) is 12.8. The van der Waals surface area contributed by atoms with Gasteiger partial charge >= 0.3 is 5.69 Å². The summed E-state index contributed by atoms with van der Waals surface area (Å²) in [5.41, 5.74) is 6.29. The fourth-order valence-corrected chi connectivity index (χ4v) is 2.17. The summed E-state index contributed by atoms with van der Waals surface area (Å²) in [6, 6.07) is 9.83. The van der Waals surface area contributed by atoms with Gasteiger partial charge in [-0.2, -0.15) is 4.98 Å². The first kappa shape index (κ1) is 15.7. The normalized spacial score (nSPS) is 12.7. The van der Waals surface area contributed by atoms with E-state index in [0.717, 1.165) is 11.8 Å². The van der Waals surface area contributed by atoms with E-state index in [1.54, 1.807) is 0 Å². The number of hydrogen-bond donors (Lipinski definition) is 2. The molecule has 0 bridgehead atoms. The van der Waals surface area contributed by atoms with Crippen molar-refractivity contribution in [2.45, 2.75) is 26.8 Å². The predicted octanol–water partition coefficient (Wildman–Crippen LogP) is 3.17. The number of nitrogens with two attached hydrogens (primary N) is 1. The van der Waals surface area contributed by atoms with Crippen molar-refractivity contribution in [1.82, 2.24) is 9.97 Å². The molecule has 7 heteroatoms. The van der Waals surface area contributed by atoms with Gasteiger partial charge in [0.05, 0.1) is 11.0 Å². The number of nitro groups is 1. The van der Waals surface area contributed by atoms with Crippen molar-refractivity contribution >= 4 is 17.5 Å². The minimum absolute atomic E-state index is 0.0606. The molecule has 1 aromatic carbocycles. The van der Waals surface area contributed by atoms with Crippen LogP contribution >= 0.6 is 0 Å². The summed E-state index contributed by atoms with van der Waals surface area (Å²) in [5, 5.41) is 14.0. The maximum Gasteiger partial charge on any atom is 0.329 e. The molecule has 0 amide bonds. The zero-order chi connectivity index (χ0) is 16.3. The summed E-state index contributed by atoms with van der Waals surface area (Å²) < 4.78 is 0. The molecule has 0 saturated carbocycles. The van der Waals surface area contributed by atoms with E-state index in [1.165, 1.54) is 0 Å². The summed E-state index contributed by atoms with van der Waals surface area (Å²) in [6.07, 6.45) is 1.12. The van der Waals surface area contributed by atoms with Gasteiger partial charge in [0.1, 0.15) is 6.20 Å². The molecule has 7 nitrogen and oxygen atoms in total. The topological polar surface area (TPSA) is 107 Å². The Kier molecular flexibility index (Phi) is 4.25. The van der Waals surface area contributed by atoms with Crippen molar-refractivity contribution in [1.29, 1.82) is 0 Å². The van der Waals surface area contributed by atoms with Crippen molar-refractivity contribution in [3.05, 3.63) is 52.2 Å². The standard InChI is InChI=1S/C15H19N5O2/c1-15(2,3)12(10-7-5-4-6-8-10)18-14-17-9-11(20(21)22)13(16)19-14/h4-9,12H,1-3H3,(H3,16,17,18,19). The Hall–Kier alpha value is -2.70. The molecule has 0 aliphatic heterocycles. The number of nitrogens with one attached hydrogen (secondary N) is 1. The number of aromatic nitrogens is 2. The first-order chi connectivity index (χ1) is 10.3. The third-order valence-electron chi connectivity index (χ3n) is 3.27. The van der Waals surface area contributed by atoms with Crippen molar-refractivity contribution in [2.24, 2.45) is 5.41 Å². The number of rotatable bonds is 4. The highest BCUT2D eigenvalue weighted by Crippen LogP contribution is 2.35. The Morgan fingerprint density at radius 1 is 1.27 bits per heavy atom. The van der Waals surface area contributed by atoms with Crippen molar-refractivity contribution in [2.75, 3.05) is 11.1 Å². The smallest absolute Gasteiger partial charge is 0.329 e. The van der Waals surface area contributed by atoms with Crippen molar-refractivity contribution < 1.29 is 4.92 Å². The highest BCUT2D eigenvalue weighted by Gasteiger charge is 2.27. The summed E-state index contributed by atoms with van der Waals surface area (Å²) in [6.45, 7) is 6.27. The molecule has 116 valence electrons. The fourth-order valence-electron chi connectivity index (χ4n) is 2.17. The molecule has 2 aromatic rings. The second-order valence-corrected chi connectivity index (χ2v) is 6.08. The maximum absolute atomic E-state index is 10.8. The molecule has 0 saturated heterocycles. The lowest BCUT2D eigenvalue weighted by Gasteiger charge is -2.32. The van der Waals surface area contributed by atoms with Crippen LogP contribution in [0.3, 0.4) is 0 Å². The Morgan fingerprint density at radius 3 is 2.41 bits per heavy atom. The molecule has 0 aliphatic rings. The lowest BCUT2D eigenvalue weighted by atomic mass is 9.82. The first-order valence-corrected chi connectivity index (χ1v) is 6.87. The van der Waals surface area contributed by atoms with E-state index in [0.29, 0.717) is 0 Å². The molecule has 1 heterocycles. The van der Waals surface area contributed by atoms with Crippen LogP contribution in [-0.4, -0.2) is 14.9 Å². The van der Waals surface area contributed by atoms with Gasteiger partial charge in [0, 0.05) is 0 Å². The van der Waals surface area contributed by atoms with Crippen LogP contribution in [0.25, 0.3) is 0 Å². The van der Waals surface area contributed by atoms with E-state index < -0.39 is 4.92 Å². The molecule has 0 fully saturated rings. The van der Waals surface area contributed by atoms with Gasteiger partial charge in [-0.1, -0.05) is 51.1 Å². The number of anilines is 2. The molecule has 1 atom stereocenters. The molecule has 0 aliphatic carbocycles. The van der Waals surface area contributed by atoms with E-state index in [4.69, 9.17) is 5.73 Å². The van der Waals surface area contributed by atoms with E-state index in [-0.39, 0.29) is 28.9 Å². The maximum atomic E-state index is 10.8. The van der Waals surface area contributed by atoms with Crippen LogP contribution in [0, 0.1) is 15.5 Å². The van der Waals surface area contributed by atoms with Crippen LogP contribution in [0.2, 0.25) is 0 Å². The second kappa shape index (κ2) is 5.97. The van der Waals surface area contributed by atoms with Crippen LogP contribution in [0.15, 0.2) is 36.5 Å². The van der Waals surface area contributed by atoms with Crippen LogP contribution in [0.5, 0.6) is 0 Å². The molecule has 0 radical (unpaired) electrons. The molecule has 3 N–H and O–H groups in total. The first-order valence-electron chi connectivity index (χ1n) is 6.87. The van der Waals surface area contributed by atoms with Gasteiger partial charge in [0.25, 0.3) is 0 Å².